The Morgan fingerprint density at radius 2 is 2.08 bits per heavy atom. The van der Waals surface area contributed by atoms with Crippen LogP contribution in [0.4, 0.5) is 0 Å². The van der Waals surface area contributed by atoms with Gasteiger partial charge in [-0.25, -0.2) is 0 Å². The molecule has 0 aromatic heterocycles. The Kier molecular flexibility index (Phi) is 3.39. The quantitative estimate of drug-likeness (QED) is 0.670. The summed E-state index contributed by atoms with van der Waals surface area (Å²) in [6.07, 6.45) is 2.64. The predicted molar refractivity (Wildman–Crippen MR) is 62.1 cm³/mol. The van der Waals surface area contributed by atoms with Crippen molar-refractivity contribution in [1.29, 1.82) is 0 Å². The summed E-state index contributed by atoms with van der Waals surface area (Å²) in [5, 5.41) is 2.30. The summed E-state index contributed by atoms with van der Waals surface area (Å²) in [6, 6.07) is 10.5. The third-order valence-corrected chi connectivity index (χ3v) is 4.21. The van der Waals surface area contributed by atoms with Crippen LogP contribution in [0.15, 0.2) is 45.5 Å². The molecule has 0 N–H and O–H groups in total. The Labute approximate surface area is 87.8 Å². The van der Waals surface area contributed by atoms with E-state index in [4.69, 9.17) is 0 Å². The molecule has 2 heteroatoms. The van der Waals surface area contributed by atoms with Crippen molar-refractivity contribution in [2.24, 2.45) is 0 Å². The van der Waals surface area contributed by atoms with E-state index < -0.39 is 0 Å². The molecule has 0 saturated carbocycles. The molecule has 1 saturated heterocycles. The fraction of sp³-hybridized carbons (Fsp3) is 0.273. The molecule has 1 aromatic carbocycles. The number of hydrogen-bond donors (Lipinski definition) is 0. The van der Waals surface area contributed by atoms with Gasteiger partial charge in [0.25, 0.3) is 0 Å². The van der Waals surface area contributed by atoms with Crippen LogP contribution in [-0.4, -0.2) is 5.75 Å². The highest BCUT2D eigenvalue weighted by Crippen LogP contribution is 2.33. The number of benzene rings is 1. The van der Waals surface area contributed by atoms with Gasteiger partial charge in [0.1, 0.15) is 0 Å². The molecular formula is C11H12S2. The van der Waals surface area contributed by atoms with E-state index in [0.29, 0.717) is 0 Å². The number of rotatable bonds is 2. The van der Waals surface area contributed by atoms with E-state index in [9.17, 15) is 0 Å². The molecule has 0 atom stereocenters. The molecule has 1 heterocycles. The Balaban J connectivity index is 1.95. The molecule has 1 aliphatic heterocycles. The van der Waals surface area contributed by atoms with Crippen LogP contribution in [0, 0.1) is 0 Å². The molecular weight excluding hydrogens is 196 g/mol. The zero-order chi connectivity index (χ0) is 8.93. The molecule has 1 aliphatic rings. The van der Waals surface area contributed by atoms with Crippen LogP contribution in [-0.2, 0) is 0 Å². The van der Waals surface area contributed by atoms with E-state index in [-0.39, 0.29) is 0 Å². The van der Waals surface area contributed by atoms with Crippen LogP contribution >= 0.6 is 23.5 Å². The highest BCUT2D eigenvalue weighted by Gasteiger charge is 2.06. The zero-order valence-electron chi connectivity index (χ0n) is 7.40. The molecule has 0 radical (unpaired) electrons. The third-order valence-electron chi connectivity index (χ3n) is 1.92. The van der Waals surface area contributed by atoms with E-state index in [2.05, 4.69) is 35.7 Å². The standard InChI is InChI=1S/C11H12S2/c1-2-5-10(6-3-1)13-9-11-7-4-8-12-11/h1-3,5-6,9H,4,7-8H2/b11-9-. The minimum Gasteiger partial charge on any atom is -0.130 e. The van der Waals surface area contributed by atoms with Crippen molar-refractivity contribution >= 4 is 23.5 Å². The molecule has 1 fully saturated rings. The lowest BCUT2D eigenvalue weighted by Crippen LogP contribution is -1.67. The molecule has 0 unspecified atom stereocenters. The highest BCUT2D eigenvalue weighted by atomic mass is 32.2. The second-order valence-electron chi connectivity index (χ2n) is 2.97. The molecule has 2 rings (SSSR count). The van der Waals surface area contributed by atoms with Gasteiger partial charge < -0.3 is 0 Å². The molecule has 0 bridgehead atoms. The van der Waals surface area contributed by atoms with Crippen LogP contribution in [0.2, 0.25) is 0 Å². The Morgan fingerprint density at radius 3 is 2.77 bits per heavy atom. The van der Waals surface area contributed by atoms with E-state index in [0.717, 1.165) is 0 Å². The Hall–Kier alpha value is -0.340. The maximum absolute atomic E-state index is 2.30. The summed E-state index contributed by atoms with van der Waals surface area (Å²) in [5.41, 5.74) is 0. The zero-order valence-corrected chi connectivity index (χ0v) is 9.03. The summed E-state index contributed by atoms with van der Waals surface area (Å²) in [4.78, 5) is 2.89. The lowest BCUT2D eigenvalue weighted by atomic mass is 10.3. The number of allylic oxidation sites excluding steroid dienone is 1. The maximum Gasteiger partial charge on any atom is 0.0116 e. The fourth-order valence-corrected chi connectivity index (χ4v) is 3.20. The summed E-state index contributed by atoms with van der Waals surface area (Å²) in [7, 11) is 0. The predicted octanol–water partition coefficient (Wildman–Crippen LogP) is 4.15. The van der Waals surface area contributed by atoms with Crippen LogP contribution in [0.3, 0.4) is 0 Å². The van der Waals surface area contributed by atoms with Crippen molar-refractivity contribution in [2.45, 2.75) is 17.7 Å². The Bertz CT molecular complexity index is 282. The smallest absolute Gasteiger partial charge is 0.0116 e. The molecule has 0 nitrogen and oxygen atoms in total. The van der Waals surface area contributed by atoms with Crippen molar-refractivity contribution in [2.75, 3.05) is 5.75 Å². The van der Waals surface area contributed by atoms with Gasteiger partial charge in [0.15, 0.2) is 0 Å². The average Bonchev–Trinajstić information content (AvgIpc) is 2.69. The lowest BCUT2D eigenvalue weighted by molar-refractivity contribution is 0.997. The lowest BCUT2D eigenvalue weighted by Gasteiger charge is -1.96. The highest BCUT2D eigenvalue weighted by molar-refractivity contribution is 8.06. The number of thioether (sulfide) groups is 2. The van der Waals surface area contributed by atoms with Crippen molar-refractivity contribution in [3.8, 4) is 0 Å². The molecule has 68 valence electrons. The van der Waals surface area contributed by atoms with Gasteiger partial charge in [-0.15, -0.1) is 11.8 Å². The topological polar surface area (TPSA) is 0 Å². The monoisotopic (exact) mass is 208 g/mol. The fourth-order valence-electron chi connectivity index (χ4n) is 1.25. The second-order valence-corrected chi connectivity index (χ2v) is 5.13. The van der Waals surface area contributed by atoms with Crippen LogP contribution in [0.1, 0.15) is 12.8 Å². The van der Waals surface area contributed by atoms with E-state index in [1.165, 1.54) is 23.5 Å². The first kappa shape index (κ1) is 9.22. The summed E-state index contributed by atoms with van der Waals surface area (Å²) in [6.45, 7) is 0. The van der Waals surface area contributed by atoms with Gasteiger partial charge in [-0.05, 0) is 41.0 Å². The number of hydrogen-bond acceptors (Lipinski definition) is 2. The van der Waals surface area contributed by atoms with Crippen molar-refractivity contribution in [1.82, 2.24) is 0 Å². The summed E-state index contributed by atoms with van der Waals surface area (Å²) < 4.78 is 0. The first-order chi connectivity index (χ1) is 6.45. The van der Waals surface area contributed by atoms with Crippen LogP contribution < -0.4 is 0 Å². The van der Waals surface area contributed by atoms with Gasteiger partial charge in [0.2, 0.25) is 0 Å². The minimum absolute atomic E-state index is 1.28. The summed E-state index contributed by atoms with van der Waals surface area (Å²) >= 11 is 3.84. The molecule has 0 amide bonds. The van der Waals surface area contributed by atoms with Gasteiger partial charge in [-0.2, -0.15) is 0 Å². The SMILES string of the molecule is C(/Sc1ccccc1)=C1\CCCS1. The largest absolute Gasteiger partial charge is 0.130 e. The van der Waals surface area contributed by atoms with Crippen molar-refractivity contribution in [3.05, 3.63) is 40.6 Å². The molecule has 13 heavy (non-hydrogen) atoms. The second kappa shape index (κ2) is 4.77. The average molecular weight is 208 g/mol. The van der Waals surface area contributed by atoms with Gasteiger partial charge in [-0.1, -0.05) is 30.0 Å². The van der Waals surface area contributed by atoms with Crippen molar-refractivity contribution < 1.29 is 0 Å². The van der Waals surface area contributed by atoms with Gasteiger partial charge in [0.05, 0.1) is 0 Å². The summed E-state index contributed by atoms with van der Waals surface area (Å²) in [5.74, 6) is 1.31. The van der Waals surface area contributed by atoms with E-state index in [1.807, 2.05) is 23.5 Å². The molecule has 0 spiro atoms. The van der Waals surface area contributed by atoms with Crippen molar-refractivity contribution in [3.63, 3.8) is 0 Å². The normalized spacial score (nSPS) is 19.5. The molecule has 0 aliphatic carbocycles. The van der Waals surface area contributed by atoms with E-state index in [1.54, 1.807) is 4.91 Å². The van der Waals surface area contributed by atoms with Crippen LogP contribution in [0.25, 0.3) is 0 Å². The van der Waals surface area contributed by atoms with Crippen LogP contribution in [0.5, 0.6) is 0 Å². The minimum atomic E-state index is 1.28. The maximum atomic E-state index is 2.30. The Morgan fingerprint density at radius 1 is 1.23 bits per heavy atom. The van der Waals surface area contributed by atoms with E-state index >= 15 is 0 Å². The molecule has 1 aromatic rings. The van der Waals surface area contributed by atoms with Gasteiger partial charge >= 0.3 is 0 Å². The first-order valence-corrected chi connectivity index (χ1v) is 6.35. The van der Waals surface area contributed by atoms with Gasteiger partial charge in [0, 0.05) is 4.90 Å². The van der Waals surface area contributed by atoms with Gasteiger partial charge in [-0.3, -0.25) is 0 Å². The first-order valence-electron chi connectivity index (χ1n) is 4.49. The third kappa shape index (κ3) is 2.82.